The lowest BCUT2D eigenvalue weighted by Crippen LogP contribution is -2.49. The molecule has 0 atom stereocenters. The maximum Gasteiger partial charge on any atom is 0.193 e. The number of nitrogens with one attached hydrogen (secondary N) is 1. The number of rotatable bonds is 6. The van der Waals surface area contributed by atoms with Gasteiger partial charge in [0.1, 0.15) is 0 Å². The Labute approximate surface area is 168 Å². The van der Waals surface area contributed by atoms with E-state index >= 15 is 0 Å². The van der Waals surface area contributed by atoms with Crippen molar-refractivity contribution in [3.8, 4) is 11.5 Å². The van der Waals surface area contributed by atoms with Gasteiger partial charge in [0.05, 0.1) is 20.8 Å². The molecule has 0 unspecified atom stereocenters. The number of hydrogen-bond donors (Lipinski definition) is 2. The summed E-state index contributed by atoms with van der Waals surface area (Å²) >= 11 is 0. The van der Waals surface area contributed by atoms with E-state index in [1.54, 1.807) is 14.2 Å². The molecule has 1 heterocycles. The van der Waals surface area contributed by atoms with Crippen LogP contribution >= 0.6 is 24.0 Å². The highest BCUT2D eigenvalue weighted by atomic mass is 127. The highest BCUT2D eigenvalue weighted by molar-refractivity contribution is 14.0. The van der Waals surface area contributed by atoms with E-state index in [2.05, 4.69) is 29.1 Å². The summed E-state index contributed by atoms with van der Waals surface area (Å²) in [5.41, 5.74) is 6.89. The second kappa shape index (κ2) is 10.1. The highest BCUT2D eigenvalue weighted by Crippen LogP contribution is 2.29. The molecule has 0 saturated carbocycles. The Morgan fingerprint density at radius 1 is 1.16 bits per heavy atom. The molecule has 7 heteroatoms. The monoisotopic (exact) mass is 462 g/mol. The third kappa shape index (κ3) is 6.22. The molecule has 0 amide bonds. The Hall–Kier alpha value is -1.22. The quantitative estimate of drug-likeness (QED) is 0.386. The summed E-state index contributed by atoms with van der Waals surface area (Å²) in [5.74, 6) is 1.75. The third-order valence-electron chi connectivity index (χ3n) is 4.50. The second-order valence-corrected chi connectivity index (χ2v) is 6.76. The minimum Gasteiger partial charge on any atom is -0.493 e. The molecule has 0 radical (unpaired) electrons. The standard InChI is InChI=1S/C18H30N4O2.HI/c1-18(2,22-10-6-5-7-11-22)13-20-17(19)21-14-8-9-15(23-3)16(12-14)24-4;/h8-9,12H,5-7,10-11,13H2,1-4H3,(H3,19,20,21);1H. The molecule has 6 nitrogen and oxygen atoms in total. The summed E-state index contributed by atoms with van der Waals surface area (Å²) in [5, 5.41) is 3.12. The zero-order chi connectivity index (χ0) is 17.6. The Kier molecular flexibility index (Phi) is 8.78. The van der Waals surface area contributed by atoms with E-state index in [0.29, 0.717) is 24.0 Å². The lowest BCUT2D eigenvalue weighted by Gasteiger charge is -2.40. The summed E-state index contributed by atoms with van der Waals surface area (Å²) in [6, 6.07) is 5.57. The summed E-state index contributed by atoms with van der Waals surface area (Å²) in [4.78, 5) is 7.04. The van der Waals surface area contributed by atoms with Crippen LogP contribution in [0.3, 0.4) is 0 Å². The van der Waals surface area contributed by atoms with Crippen LogP contribution in [0.25, 0.3) is 0 Å². The Morgan fingerprint density at radius 3 is 2.40 bits per heavy atom. The number of piperidine rings is 1. The van der Waals surface area contributed by atoms with E-state index in [0.717, 1.165) is 18.8 Å². The minimum atomic E-state index is 0. The maximum atomic E-state index is 6.05. The van der Waals surface area contributed by atoms with Gasteiger partial charge < -0.3 is 20.5 Å². The van der Waals surface area contributed by atoms with Gasteiger partial charge in [-0.1, -0.05) is 6.42 Å². The van der Waals surface area contributed by atoms with Crippen LogP contribution in [0.2, 0.25) is 0 Å². The molecule has 2 rings (SSSR count). The van der Waals surface area contributed by atoms with Crippen LogP contribution < -0.4 is 20.5 Å². The maximum absolute atomic E-state index is 6.05. The second-order valence-electron chi connectivity index (χ2n) is 6.76. The fourth-order valence-corrected chi connectivity index (χ4v) is 2.98. The number of guanidine groups is 1. The van der Waals surface area contributed by atoms with Crippen molar-refractivity contribution in [3.05, 3.63) is 18.2 Å². The Balaban J connectivity index is 0.00000312. The predicted octanol–water partition coefficient (Wildman–Crippen LogP) is 3.31. The molecule has 1 aliphatic rings. The van der Waals surface area contributed by atoms with E-state index in [9.17, 15) is 0 Å². The van der Waals surface area contributed by atoms with Crippen molar-refractivity contribution in [3.63, 3.8) is 0 Å². The van der Waals surface area contributed by atoms with Crippen molar-refractivity contribution in [1.29, 1.82) is 0 Å². The summed E-state index contributed by atoms with van der Waals surface area (Å²) in [7, 11) is 3.23. The number of methoxy groups -OCH3 is 2. The molecule has 1 aromatic carbocycles. The topological polar surface area (TPSA) is 72.1 Å². The number of halogens is 1. The van der Waals surface area contributed by atoms with E-state index in [1.165, 1.54) is 19.3 Å². The summed E-state index contributed by atoms with van der Waals surface area (Å²) in [6.45, 7) is 7.41. The van der Waals surface area contributed by atoms with Gasteiger partial charge in [-0.05, 0) is 51.9 Å². The lowest BCUT2D eigenvalue weighted by atomic mass is 9.99. The van der Waals surface area contributed by atoms with Crippen LogP contribution in [0.4, 0.5) is 5.69 Å². The highest BCUT2D eigenvalue weighted by Gasteiger charge is 2.27. The van der Waals surface area contributed by atoms with E-state index in [-0.39, 0.29) is 29.5 Å². The van der Waals surface area contributed by atoms with Crippen molar-refractivity contribution in [2.75, 3.05) is 39.2 Å². The first-order chi connectivity index (χ1) is 11.5. The van der Waals surface area contributed by atoms with Gasteiger partial charge in [-0.2, -0.15) is 0 Å². The molecule has 1 aromatic rings. The van der Waals surface area contributed by atoms with Gasteiger partial charge >= 0.3 is 0 Å². The first kappa shape index (κ1) is 21.8. The number of benzene rings is 1. The van der Waals surface area contributed by atoms with Crippen molar-refractivity contribution >= 4 is 35.6 Å². The minimum absolute atomic E-state index is 0. The van der Waals surface area contributed by atoms with Gasteiger partial charge in [-0.15, -0.1) is 24.0 Å². The Morgan fingerprint density at radius 2 is 1.80 bits per heavy atom. The van der Waals surface area contributed by atoms with Crippen LogP contribution in [-0.2, 0) is 0 Å². The molecule has 0 spiro atoms. The molecule has 1 fully saturated rings. The van der Waals surface area contributed by atoms with Gasteiger partial charge in [0, 0.05) is 17.3 Å². The van der Waals surface area contributed by atoms with Gasteiger partial charge in [-0.25, -0.2) is 0 Å². The van der Waals surface area contributed by atoms with E-state index < -0.39 is 0 Å². The molecule has 0 bridgehead atoms. The molecule has 1 aliphatic heterocycles. The third-order valence-corrected chi connectivity index (χ3v) is 4.50. The van der Waals surface area contributed by atoms with Crippen LogP contribution in [0.15, 0.2) is 23.2 Å². The fourth-order valence-electron chi connectivity index (χ4n) is 2.98. The molecular weight excluding hydrogens is 431 g/mol. The van der Waals surface area contributed by atoms with E-state index in [4.69, 9.17) is 15.2 Å². The van der Waals surface area contributed by atoms with Crippen molar-refractivity contribution in [2.45, 2.75) is 38.6 Å². The van der Waals surface area contributed by atoms with Crippen LogP contribution in [0.1, 0.15) is 33.1 Å². The number of nitrogens with two attached hydrogens (primary N) is 1. The van der Waals surface area contributed by atoms with Gasteiger partial charge in [0.2, 0.25) is 0 Å². The molecule has 3 N–H and O–H groups in total. The zero-order valence-electron chi connectivity index (χ0n) is 15.7. The summed E-state index contributed by atoms with van der Waals surface area (Å²) in [6.07, 6.45) is 3.87. The Bertz CT molecular complexity index is 572. The number of ether oxygens (including phenoxy) is 2. The number of likely N-dealkylation sites (tertiary alicyclic amines) is 1. The van der Waals surface area contributed by atoms with E-state index in [1.807, 2.05) is 18.2 Å². The molecule has 1 saturated heterocycles. The smallest absolute Gasteiger partial charge is 0.193 e. The first-order valence-electron chi connectivity index (χ1n) is 8.50. The average Bonchev–Trinajstić information content (AvgIpc) is 2.60. The first-order valence-corrected chi connectivity index (χ1v) is 8.50. The van der Waals surface area contributed by atoms with Gasteiger partial charge in [0.25, 0.3) is 0 Å². The molecule has 0 aromatic heterocycles. The number of nitrogens with zero attached hydrogens (tertiary/aromatic N) is 2. The normalized spacial score (nSPS) is 16.1. The van der Waals surface area contributed by atoms with Crippen molar-refractivity contribution in [1.82, 2.24) is 4.90 Å². The lowest BCUT2D eigenvalue weighted by molar-refractivity contribution is 0.102. The van der Waals surface area contributed by atoms with Gasteiger partial charge in [0.15, 0.2) is 17.5 Å². The predicted molar refractivity (Wildman–Crippen MR) is 115 cm³/mol. The fraction of sp³-hybridized carbons (Fsp3) is 0.611. The number of hydrogen-bond acceptors (Lipinski definition) is 4. The van der Waals surface area contributed by atoms with Crippen LogP contribution in [0, 0.1) is 0 Å². The molecule has 25 heavy (non-hydrogen) atoms. The largest absolute Gasteiger partial charge is 0.493 e. The zero-order valence-corrected chi connectivity index (χ0v) is 18.0. The van der Waals surface area contributed by atoms with Crippen LogP contribution in [-0.4, -0.2) is 50.3 Å². The SMILES string of the molecule is COc1ccc(NC(N)=NCC(C)(C)N2CCCCC2)cc1OC.I. The number of aliphatic imine (C=N–C) groups is 1. The van der Waals surface area contributed by atoms with Gasteiger partial charge in [-0.3, -0.25) is 9.89 Å². The van der Waals surface area contributed by atoms with Crippen molar-refractivity contribution < 1.29 is 9.47 Å². The summed E-state index contributed by atoms with van der Waals surface area (Å²) < 4.78 is 10.5. The molecule has 142 valence electrons. The average molecular weight is 462 g/mol. The molecule has 0 aliphatic carbocycles. The van der Waals surface area contributed by atoms with Crippen molar-refractivity contribution in [2.24, 2.45) is 10.7 Å². The molecular formula is C18H31IN4O2. The van der Waals surface area contributed by atoms with Crippen LogP contribution in [0.5, 0.6) is 11.5 Å². The number of anilines is 1.